The summed E-state index contributed by atoms with van der Waals surface area (Å²) in [5.74, 6) is -4.37. The van der Waals surface area contributed by atoms with Crippen molar-refractivity contribution in [1.29, 1.82) is 0 Å². The SMILES string of the molecule is O=C([O-])C(=O)[O-].O=S(=O)([O-])[O-].[Co]. The van der Waals surface area contributed by atoms with Crippen LogP contribution in [0.4, 0.5) is 0 Å². The second kappa shape index (κ2) is 6.99. The molecule has 12 heavy (non-hydrogen) atoms. The summed E-state index contributed by atoms with van der Waals surface area (Å²) in [5.41, 5.74) is 0. The molecule has 0 aliphatic carbocycles. The Morgan fingerprint density at radius 3 is 1.00 bits per heavy atom. The molecule has 0 aliphatic heterocycles. The molecular weight excluding hydrogens is 243 g/mol. The Hall–Kier alpha value is -0.684. The number of carboxylic acid groups (broad SMARTS) is 2. The number of carbonyl (C=O) groups excluding carboxylic acids is 2. The maximum absolute atomic E-state index is 8.93. The number of carboxylic acids is 2. The molecule has 0 unspecified atom stereocenters. The van der Waals surface area contributed by atoms with Gasteiger partial charge in [-0.1, -0.05) is 0 Å². The minimum absolute atomic E-state index is 0. The van der Waals surface area contributed by atoms with Gasteiger partial charge in [-0.3, -0.25) is 8.42 Å². The molecule has 0 amide bonds. The third-order valence-corrected chi connectivity index (χ3v) is 0.167. The van der Waals surface area contributed by atoms with Crippen LogP contribution >= 0.6 is 0 Å². The second-order valence-corrected chi connectivity index (χ2v) is 1.80. The van der Waals surface area contributed by atoms with Crippen molar-refractivity contribution in [2.24, 2.45) is 0 Å². The van der Waals surface area contributed by atoms with E-state index < -0.39 is 22.3 Å². The molecule has 0 fully saturated rings. The van der Waals surface area contributed by atoms with Crippen molar-refractivity contribution in [3.8, 4) is 0 Å². The molecule has 1 radical (unpaired) electrons. The van der Waals surface area contributed by atoms with Crippen LogP contribution in [0.3, 0.4) is 0 Å². The zero-order chi connectivity index (χ0) is 9.65. The van der Waals surface area contributed by atoms with Crippen LogP contribution < -0.4 is 10.2 Å². The van der Waals surface area contributed by atoms with Crippen molar-refractivity contribution in [3.63, 3.8) is 0 Å². The Kier molecular flexibility index (Phi) is 10.1. The third-order valence-electron chi connectivity index (χ3n) is 0.167. The van der Waals surface area contributed by atoms with E-state index in [0.29, 0.717) is 0 Å². The fraction of sp³-hybridized carbons (Fsp3) is 0. The molecule has 0 saturated heterocycles. The normalized spacial score (nSPS) is 8.50. The molecule has 0 N–H and O–H groups in total. The topological polar surface area (TPSA) is 161 Å². The molecule has 0 heterocycles. The van der Waals surface area contributed by atoms with E-state index in [9.17, 15) is 0 Å². The van der Waals surface area contributed by atoms with Crippen molar-refractivity contribution in [1.82, 2.24) is 0 Å². The Labute approximate surface area is 77.0 Å². The van der Waals surface area contributed by atoms with Gasteiger partial charge in [0.05, 0.1) is 11.9 Å². The predicted molar refractivity (Wildman–Crippen MR) is 20.5 cm³/mol. The number of carbonyl (C=O) groups is 2. The van der Waals surface area contributed by atoms with Gasteiger partial charge in [-0.25, -0.2) is 0 Å². The van der Waals surface area contributed by atoms with Crippen LogP contribution in [0.5, 0.6) is 0 Å². The number of rotatable bonds is 0. The van der Waals surface area contributed by atoms with Gasteiger partial charge in [-0.2, -0.15) is 0 Å². The molecule has 8 nitrogen and oxygen atoms in total. The van der Waals surface area contributed by atoms with E-state index in [1.165, 1.54) is 0 Å². The van der Waals surface area contributed by atoms with E-state index in [1.54, 1.807) is 0 Å². The van der Waals surface area contributed by atoms with E-state index in [4.69, 9.17) is 37.3 Å². The van der Waals surface area contributed by atoms with Crippen LogP contribution in [0.15, 0.2) is 0 Å². The van der Waals surface area contributed by atoms with Gasteiger partial charge in [0.2, 0.25) is 0 Å². The molecule has 0 atom stereocenters. The Morgan fingerprint density at radius 1 is 0.917 bits per heavy atom. The summed E-state index contributed by atoms with van der Waals surface area (Å²) in [4.78, 5) is 17.9. The minimum atomic E-state index is -5.17. The van der Waals surface area contributed by atoms with Crippen molar-refractivity contribution in [2.45, 2.75) is 0 Å². The monoisotopic (exact) mass is 243 g/mol. The Morgan fingerprint density at radius 2 is 1.00 bits per heavy atom. The molecule has 0 aromatic rings. The maximum atomic E-state index is 8.93. The molecular formula is C2CoO8S-4. The average Bonchev–Trinajstić information content (AvgIpc) is 1.59. The zero-order valence-corrected chi connectivity index (χ0v) is 6.87. The predicted octanol–water partition coefficient (Wildman–Crippen LogP) is -4.85. The summed E-state index contributed by atoms with van der Waals surface area (Å²) in [6.45, 7) is 0. The van der Waals surface area contributed by atoms with Gasteiger partial charge >= 0.3 is 0 Å². The van der Waals surface area contributed by atoms with E-state index in [1.807, 2.05) is 0 Å². The molecule has 0 aliphatic rings. The van der Waals surface area contributed by atoms with E-state index >= 15 is 0 Å². The summed E-state index contributed by atoms with van der Waals surface area (Å²) in [7, 11) is -5.17. The van der Waals surface area contributed by atoms with Gasteiger partial charge in [-0.05, 0) is 0 Å². The van der Waals surface area contributed by atoms with Crippen molar-refractivity contribution in [3.05, 3.63) is 0 Å². The fourth-order valence-electron chi connectivity index (χ4n) is 0. The minimum Gasteiger partial charge on any atom is -0.759 e. The molecule has 75 valence electrons. The van der Waals surface area contributed by atoms with Crippen LogP contribution in [0.2, 0.25) is 0 Å². The molecule has 0 aromatic carbocycles. The van der Waals surface area contributed by atoms with Crippen LogP contribution in [-0.2, 0) is 36.8 Å². The van der Waals surface area contributed by atoms with Crippen LogP contribution in [0.25, 0.3) is 0 Å². The van der Waals surface area contributed by atoms with Crippen molar-refractivity contribution < 1.29 is 54.1 Å². The van der Waals surface area contributed by atoms with Crippen molar-refractivity contribution >= 4 is 22.3 Å². The van der Waals surface area contributed by atoms with E-state index in [-0.39, 0.29) is 16.8 Å². The first-order chi connectivity index (χ1) is 4.64. The van der Waals surface area contributed by atoms with Crippen LogP contribution in [0.1, 0.15) is 0 Å². The first-order valence-electron chi connectivity index (χ1n) is 1.73. The molecule has 0 aromatic heterocycles. The first-order valence-corrected chi connectivity index (χ1v) is 3.07. The summed E-state index contributed by atoms with van der Waals surface area (Å²) < 4.78 is 34.1. The maximum Gasteiger partial charge on any atom is 0.0870 e. The van der Waals surface area contributed by atoms with Gasteiger partial charge < -0.3 is 28.9 Å². The second-order valence-electron chi connectivity index (χ2n) is 0.983. The van der Waals surface area contributed by atoms with Gasteiger partial charge in [0, 0.05) is 27.2 Å². The van der Waals surface area contributed by atoms with Gasteiger partial charge in [0.25, 0.3) is 0 Å². The summed E-state index contributed by atoms with van der Waals surface area (Å²) in [5, 5.41) is 17.9. The smallest absolute Gasteiger partial charge is 0.0870 e. The molecule has 0 bridgehead atoms. The van der Waals surface area contributed by atoms with E-state index in [2.05, 4.69) is 0 Å². The van der Waals surface area contributed by atoms with Crippen molar-refractivity contribution in [2.75, 3.05) is 0 Å². The van der Waals surface area contributed by atoms with Gasteiger partial charge in [0.15, 0.2) is 0 Å². The molecule has 0 rings (SSSR count). The van der Waals surface area contributed by atoms with Gasteiger partial charge in [-0.15, -0.1) is 0 Å². The summed E-state index contributed by atoms with van der Waals surface area (Å²) >= 11 is 0. The fourth-order valence-corrected chi connectivity index (χ4v) is 0. The average molecular weight is 243 g/mol. The van der Waals surface area contributed by atoms with Crippen LogP contribution in [0, 0.1) is 0 Å². The number of hydrogen-bond donors (Lipinski definition) is 0. The number of hydrogen-bond acceptors (Lipinski definition) is 8. The number of aliphatic carboxylic acids is 2. The first kappa shape index (κ1) is 17.4. The van der Waals surface area contributed by atoms with E-state index in [0.717, 1.165) is 0 Å². The standard InChI is InChI=1S/C2H2O4.Co.H2O4S/c3-1(4)2(5)6;;1-5(2,3)4/h(H,3,4)(H,5,6);;(H2,1,2,3,4)/p-4. The van der Waals surface area contributed by atoms with Crippen LogP contribution in [-0.4, -0.2) is 29.5 Å². The zero-order valence-electron chi connectivity index (χ0n) is 5.01. The largest absolute Gasteiger partial charge is 0.759 e. The summed E-state index contributed by atoms with van der Waals surface area (Å²) in [6.07, 6.45) is 0. The van der Waals surface area contributed by atoms with Gasteiger partial charge in [0.1, 0.15) is 0 Å². The Balaban J connectivity index is -0.000000126. The molecule has 0 spiro atoms. The molecule has 10 heteroatoms. The Bertz CT molecular complexity index is 220. The summed E-state index contributed by atoms with van der Waals surface area (Å²) in [6, 6.07) is 0. The third kappa shape index (κ3) is 58.6. The molecule has 0 saturated carbocycles. The quantitative estimate of drug-likeness (QED) is 0.232.